The number of carbonyl (C=O) groups excluding carboxylic acids is 2. The van der Waals surface area contributed by atoms with Crippen molar-refractivity contribution in [3.05, 3.63) is 69.5 Å². The molecule has 0 radical (unpaired) electrons. The first-order chi connectivity index (χ1) is 14.9. The van der Waals surface area contributed by atoms with Gasteiger partial charge in [0.05, 0.1) is 16.5 Å². The van der Waals surface area contributed by atoms with E-state index in [9.17, 15) is 14.0 Å². The molecule has 0 aliphatic heterocycles. The molecule has 0 bridgehead atoms. The summed E-state index contributed by atoms with van der Waals surface area (Å²) >= 11 is 12.2. The topological polar surface area (TPSA) is 49.4 Å². The minimum Gasteiger partial charge on any atom is -0.352 e. The molecule has 3 rings (SSSR count). The number of amides is 2. The molecular formula is C24H27Cl2FN2O2. The Hall–Kier alpha value is -2.11. The van der Waals surface area contributed by atoms with Gasteiger partial charge in [0.2, 0.25) is 11.8 Å². The van der Waals surface area contributed by atoms with Gasteiger partial charge in [-0.25, -0.2) is 4.39 Å². The lowest BCUT2D eigenvalue weighted by atomic mass is 10.1. The Labute approximate surface area is 192 Å². The van der Waals surface area contributed by atoms with E-state index in [1.54, 1.807) is 35.2 Å². The Bertz CT molecular complexity index is 914. The Morgan fingerprint density at radius 3 is 2.32 bits per heavy atom. The van der Waals surface area contributed by atoms with Crippen molar-refractivity contribution >= 4 is 35.0 Å². The van der Waals surface area contributed by atoms with Gasteiger partial charge in [-0.15, -0.1) is 0 Å². The fraction of sp³-hybridized carbons (Fsp3) is 0.417. The Balaban J connectivity index is 1.83. The molecule has 0 spiro atoms. The molecule has 1 saturated carbocycles. The third-order valence-corrected chi connectivity index (χ3v) is 6.43. The van der Waals surface area contributed by atoms with Crippen LogP contribution in [-0.4, -0.2) is 28.8 Å². The molecule has 0 heterocycles. The second-order valence-corrected chi connectivity index (χ2v) is 8.80. The molecule has 166 valence electrons. The van der Waals surface area contributed by atoms with Crippen LogP contribution in [0, 0.1) is 5.82 Å². The normalized spacial score (nSPS) is 15.0. The number of benzene rings is 2. The van der Waals surface area contributed by atoms with Crippen molar-refractivity contribution in [3.8, 4) is 0 Å². The lowest BCUT2D eigenvalue weighted by molar-refractivity contribution is -0.141. The van der Waals surface area contributed by atoms with Crippen molar-refractivity contribution in [1.29, 1.82) is 0 Å². The van der Waals surface area contributed by atoms with E-state index >= 15 is 0 Å². The quantitative estimate of drug-likeness (QED) is 0.557. The van der Waals surface area contributed by atoms with E-state index in [2.05, 4.69) is 5.32 Å². The van der Waals surface area contributed by atoms with Gasteiger partial charge in [-0.05, 0) is 54.7 Å². The molecule has 7 heteroatoms. The zero-order valence-electron chi connectivity index (χ0n) is 17.5. The van der Waals surface area contributed by atoms with Crippen LogP contribution in [0.3, 0.4) is 0 Å². The molecule has 1 N–H and O–H groups in total. The van der Waals surface area contributed by atoms with E-state index in [1.807, 2.05) is 6.92 Å². The molecule has 1 aliphatic rings. The summed E-state index contributed by atoms with van der Waals surface area (Å²) in [5.41, 5.74) is 1.48. The molecule has 31 heavy (non-hydrogen) atoms. The SMILES string of the molecule is CCC(C(=O)NC1CCCC1)N(Cc1ccc(Cl)c(Cl)c1)C(=O)Cc1ccc(F)cc1. The predicted molar refractivity (Wildman–Crippen MR) is 122 cm³/mol. The van der Waals surface area contributed by atoms with E-state index in [4.69, 9.17) is 23.2 Å². The number of carbonyl (C=O) groups is 2. The van der Waals surface area contributed by atoms with Gasteiger partial charge in [0, 0.05) is 12.6 Å². The van der Waals surface area contributed by atoms with E-state index in [-0.39, 0.29) is 36.6 Å². The Morgan fingerprint density at radius 2 is 1.71 bits per heavy atom. The number of halogens is 3. The maximum atomic E-state index is 13.3. The highest BCUT2D eigenvalue weighted by Gasteiger charge is 2.30. The summed E-state index contributed by atoms with van der Waals surface area (Å²) in [6.45, 7) is 2.12. The van der Waals surface area contributed by atoms with Gasteiger partial charge < -0.3 is 10.2 Å². The molecule has 4 nitrogen and oxygen atoms in total. The molecule has 0 aromatic heterocycles. The number of nitrogens with one attached hydrogen (secondary N) is 1. The van der Waals surface area contributed by atoms with E-state index in [0.717, 1.165) is 31.2 Å². The van der Waals surface area contributed by atoms with Gasteiger partial charge in [0.25, 0.3) is 0 Å². The lowest BCUT2D eigenvalue weighted by Crippen LogP contribution is -2.51. The fourth-order valence-electron chi connectivity index (χ4n) is 4.00. The third-order valence-electron chi connectivity index (χ3n) is 5.69. The molecular weight excluding hydrogens is 438 g/mol. The maximum absolute atomic E-state index is 13.3. The van der Waals surface area contributed by atoms with Crippen molar-refractivity contribution in [2.75, 3.05) is 0 Å². The first kappa shape index (κ1) is 23.6. The molecule has 1 unspecified atom stereocenters. The van der Waals surface area contributed by atoms with Gasteiger partial charge in [0.1, 0.15) is 11.9 Å². The second-order valence-electron chi connectivity index (χ2n) is 7.99. The zero-order valence-corrected chi connectivity index (χ0v) is 19.1. The van der Waals surface area contributed by atoms with Crippen molar-refractivity contribution in [2.24, 2.45) is 0 Å². The molecule has 0 saturated heterocycles. The lowest BCUT2D eigenvalue weighted by Gasteiger charge is -2.31. The van der Waals surface area contributed by atoms with Crippen molar-refractivity contribution in [3.63, 3.8) is 0 Å². The molecule has 1 aliphatic carbocycles. The summed E-state index contributed by atoms with van der Waals surface area (Å²) in [4.78, 5) is 28.0. The van der Waals surface area contributed by atoms with Gasteiger partial charge in [-0.3, -0.25) is 9.59 Å². The summed E-state index contributed by atoms with van der Waals surface area (Å²) < 4.78 is 13.3. The van der Waals surface area contributed by atoms with Crippen LogP contribution < -0.4 is 5.32 Å². The monoisotopic (exact) mass is 464 g/mol. The van der Waals surface area contributed by atoms with E-state index in [0.29, 0.717) is 22.0 Å². The number of nitrogens with zero attached hydrogens (tertiary/aromatic N) is 1. The van der Waals surface area contributed by atoms with Crippen LogP contribution >= 0.6 is 23.2 Å². The highest BCUT2D eigenvalue weighted by atomic mass is 35.5. The van der Waals surface area contributed by atoms with Crippen LogP contribution in [0.25, 0.3) is 0 Å². The maximum Gasteiger partial charge on any atom is 0.243 e. The first-order valence-electron chi connectivity index (χ1n) is 10.7. The van der Waals surface area contributed by atoms with Crippen molar-refractivity contribution in [1.82, 2.24) is 10.2 Å². The molecule has 2 amide bonds. The highest BCUT2D eigenvalue weighted by molar-refractivity contribution is 6.42. The summed E-state index contributed by atoms with van der Waals surface area (Å²) in [5.74, 6) is -0.695. The molecule has 1 atom stereocenters. The molecule has 1 fully saturated rings. The minimum atomic E-state index is -0.608. The van der Waals surface area contributed by atoms with Crippen LogP contribution in [0.1, 0.15) is 50.2 Å². The van der Waals surface area contributed by atoms with Crippen LogP contribution in [0.4, 0.5) is 4.39 Å². The summed E-state index contributed by atoms with van der Waals surface area (Å²) in [7, 11) is 0. The predicted octanol–water partition coefficient (Wildman–Crippen LogP) is 5.54. The number of rotatable bonds is 8. The number of hydrogen-bond acceptors (Lipinski definition) is 2. The van der Waals surface area contributed by atoms with Crippen molar-refractivity contribution < 1.29 is 14.0 Å². The highest BCUT2D eigenvalue weighted by Crippen LogP contribution is 2.25. The Kier molecular flexibility index (Phi) is 8.33. The fourth-order valence-corrected chi connectivity index (χ4v) is 4.32. The molecule has 2 aromatic rings. The van der Waals surface area contributed by atoms with E-state index < -0.39 is 6.04 Å². The number of hydrogen-bond donors (Lipinski definition) is 1. The van der Waals surface area contributed by atoms with Crippen molar-refractivity contribution in [2.45, 2.75) is 64.1 Å². The Morgan fingerprint density at radius 1 is 1.06 bits per heavy atom. The smallest absolute Gasteiger partial charge is 0.243 e. The molecule has 2 aromatic carbocycles. The standard InChI is InChI=1S/C24H27Cl2FN2O2/c1-2-22(24(31)28-19-5-3-4-6-19)29(15-17-9-12-20(25)21(26)13-17)23(30)14-16-7-10-18(27)11-8-16/h7-13,19,22H,2-6,14-15H2,1H3,(H,28,31). The largest absolute Gasteiger partial charge is 0.352 e. The third kappa shape index (κ3) is 6.44. The summed E-state index contributed by atoms with van der Waals surface area (Å²) in [6.07, 6.45) is 4.72. The van der Waals surface area contributed by atoms with E-state index in [1.165, 1.54) is 12.1 Å². The van der Waals surface area contributed by atoms with Crippen LogP contribution in [0.5, 0.6) is 0 Å². The average molecular weight is 465 g/mol. The minimum absolute atomic E-state index is 0.0782. The average Bonchev–Trinajstić information content (AvgIpc) is 3.25. The first-order valence-corrected chi connectivity index (χ1v) is 11.4. The van der Waals surface area contributed by atoms with Gasteiger partial charge in [-0.2, -0.15) is 0 Å². The summed E-state index contributed by atoms with van der Waals surface area (Å²) in [5, 5.41) is 3.94. The zero-order chi connectivity index (χ0) is 22.4. The van der Waals surface area contributed by atoms with Crippen LogP contribution in [-0.2, 0) is 22.6 Å². The van der Waals surface area contributed by atoms with Crippen LogP contribution in [0.15, 0.2) is 42.5 Å². The van der Waals surface area contributed by atoms with Crippen LogP contribution in [0.2, 0.25) is 10.0 Å². The van der Waals surface area contributed by atoms with Gasteiger partial charge in [-0.1, -0.05) is 61.2 Å². The van der Waals surface area contributed by atoms with Gasteiger partial charge in [0.15, 0.2) is 0 Å². The second kappa shape index (κ2) is 11.0. The summed E-state index contributed by atoms with van der Waals surface area (Å²) in [6, 6.07) is 10.6. The van der Waals surface area contributed by atoms with Gasteiger partial charge >= 0.3 is 0 Å².